The Balaban J connectivity index is 1.42. The Labute approximate surface area is 172 Å². The third kappa shape index (κ3) is 3.43. The van der Waals surface area contributed by atoms with Crippen LogP contribution >= 0.6 is 11.6 Å². The number of nitrogens with one attached hydrogen (secondary N) is 2. The number of halogens is 1. The normalized spacial score (nSPS) is 11.4. The van der Waals surface area contributed by atoms with Crippen molar-refractivity contribution >= 4 is 39.2 Å². The van der Waals surface area contributed by atoms with Gasteiger partial charge in [0.05, 0.1) is 16.6 Å². The zero-order chi connectivity index (χ0) is 19.8. The molecule has 0 aliphatic rings. The van der Waals surface area contributed by atoms with Gasteiger partial charge in [0.25, 0.3) is 0 Å². The number of hydrogen-bond donors (Lipinski definition) is 2. The highest BCUT2D eigenvalue weighted by Crippen LogP contribution is 2.29. The minimum Gasteiger partial charge on any atom is -0.374 e. The van der Waals surface area contributed by atoms with Crippen LogP contribution in [0.3, 0.4) is 0 Å². The number of anilines is 1. The van der Waals surface area contributed by atoms with Crippen molar-refractivity contribution in [2.24, 2.45) is 0 Å². The third-order valence-corrected chi connectivity index (χ3v) is 5.32. The van der Waals surface area contributed by atoms with Crippen molar-refractivity contribution in [2.75, 3.05) is 18.5 Å². The van der Waals surface area contributed by atoms with E-state index in [4.69, 9.17) is 16.6 Å². The van der Waals surface area contributed by atoms with Gasteiger partial charge >= 0.3 is 0 Å². The molecule has 0 bridgehead atoms. The topological polar surface area (TPSA) is 73.5 Å². The van der Waals surface area contributed by atoms with Gasteiger partial charge < -0.3 is 9.88 Å². The lowest BCUT2D eigenvalue weighted by molar-refractivity contribution is 0.853. The van der Waals surface area contributed by atoms with E-state index in [0.717, 1.165) is 57.8 Å². The molecule has 0 unspecified atom stereocenters. The van der Waals surface area contributed by atoms with E-state index in [0.29, 0.717) is 5.02 Å². The molecule has 0 saturated heterocycles. The van der Waals surface area contributed by atoms with Crippen LogP contribution in [0.15, 0.2) is 60.8 Å². The number of benzene rings is 2. The average Bonchev–Trinajstić information content (AvgIpc) is 3.35. The summed E-state index contributed by atoms with van der Waals surface area (Å²) in [5, 5.41) is 9.12. The summed E-state index contributed by atoms with van der Waals surface area (Å²) in [6.07, 6.45) is 2.73. The van der Waals surface area contributed by atoms with Crippen LogP contribution in [-0.2, 0) is 6.42 Å². The van der Waals surface area contributed by atoms with Gasteiger partial charge in [0.1, 0.15) is 5.69 Å². The van der Waals surface area contributed by atoms with E-state index in [1.54, 1.807) is 0 Å². The van der Waals surface area contributed by atoms with Gasteiger partial charge in [0, 0.05) is 48.0 Å². The minimum atomic E-state index is 0.677. The van der Waals surface area contributed by atoms with Gasteiger partial charge in [-0.05, 0) is 48.5 Å². The molecule has 0 spiro atoms. The van der Waals surface area contributed by atoms with Crippen LogP contribution in [0.4, 0.5) is 5.69 Å². The molecular weight excluding hydrogens is 384 g/mol. The summed E-state index contributed by atoms with van der Waals surface area (Å²) in [6, 6.07) is 17.9. The van der Waals surface area contributed by atoms with Gasteiger partial charge in [-0.3, -0.25) is 10.1 Å². The Morgan fingerprint density at radius 3 is 2.83 bits per heavy atom. The maximum absolute atomic E-state index is 6.07. The van der Waals surface area contributed by atoms with Crippen molar-refractivity contribution in [3.8, 4) is 11.5 Å². The largest absolute Gasteiger partial charge is 0.374 e. The number of nitrogens with zero attached hydrogens (tertiary/aromatic N) is 4. The van der Waals surface area contributed by atoms with Gasteiger partial charge in [0.2, 0.25) is 0 Å². The molecule has 29 heavy (non-hydrogen) atoms. The molecule has 0 radical (unpaired) electrons. The first-order valence-electron chi connectivity index (χ1n) is 9.42. The highest BCUT2D eigenvalue weighted by Gasteiger charge is 2.13. The molecule has 0 atom stereocenters. The van der Waals surface area contributed by atoms with E-state index in [2.05, 4.69) is 50.3 Å². The Bertz CT molecular complexity index is 1290. The average molecular weight is 403 g/mol. The first-order chi connectivity index (χ1) is 14.2. The van der Waals surface area contributed by atoms with E-state index in [1.165, 1.54) is 0 Å². The first kappa shape index (κ1) is 17.7. The van der Waals surface area contributed by atoms with Crippen LogP contribution in [0, 0.1) is 0 Å². The zero-order valence-electron chi connectivity index (χ0n) is 15.9. The lowest BCUT2D eigenvalue weighted by Gasteiger charge is -2.19. The fourth-order valence-electron chi connectivity index (χ4n) is 3.48. The van der Waals surface area contributed by atoms with Crippen molar-refractivity contribution in [3.63, 3.8) is 0 Å². The number of imidazole rings is 1. The van der Waals surface area contributed by atoms with Gasteiger partial charge in [-0.15, -0.1) is 0 Å². The fraction of sp³-hybridized carbons (Fsp3) is 0.136. The van der Waals surface area contributed by atoms with Crippen LogP contribution < -0.4 is 4.90 Å². The number of H-pyrrole nitrogens is 2. The van der Waals surface area contributed by atoms with Gasteiger partial charge in [0.15, 0.2) is 5.82 Å². The summed E-state index contributed by atoms with van der Waals surface area (Å²) in [4.78, 5) is 14.7. The molecule has 2 N–H and O–H groups in total. The lowest BCUT2D eigenvalue weighted by Crippen LogP contribution is -2.20. The van der Waals surface area contributed by atoms with E-state index >= 15 is 0 Å². The molecule has 5 aromatic rings. The van der Waals surface area contributed by atoms with Gasteiger partial charge in [-0.1, -0.05) is 17.7 Å². The van der Waals surface area contributed by atoms with Gasteiger partial charge in [-0.2, -0.15) is 5.10 Å². The highest BCUT2D eigenvalue weighted by atomic mass is 35.5. The second kappa shape index (κ2) is 7.22. The molecule has 3 heterocycles. The van der Waals surface area contributed by atoms with Crippen LogP contribution in [0.25, 0.3) is 33.5 Å². The number of pyridine rings is 1. The number of rotatable bonds is 5. The molecule has 0 aliphatic carbocycles. The van der Waals surface area contributed by atoms with Crippen molar-refractivity contribution in [2.45, 2.75) is 6.42 Å². The summed E-state index contributed by atoms with van der Waals surface area (Å²) in [5.41, 5.74) is 5.79. The van der Waals surface area contributed by atoms with Crippen LogP contribution in [0.5, 0.6) is 0 Å². The summed E-state index contributed by atoms with van der Waals surface area (Å²) >= 11 is 6.07. The van der Waals surface area contributed by atoms with E-state index in [-0.39, 0.29) is 0 Å². The molecule has 0 amide bonds. The number of likely N-dealkylation sites (N-methyl/N-ethyl adjacent to an activating group) is 1. The van der Waals surface area contributed by atoms with Crippen LogP contribution in [0.1, 0.15) is 5.69 Å². The van der Waals surface area contributed by atoms with Crippen molar-refractivity contribution in [1.29, 1.82) is 0 Å². The van der Waals surface area contributed by atoms with E-state index in [9.17, 15) is 0 Å². The minimum absolute atomic E-state index is 0.677. The van der Waals surface area contributed by atoms with Gasteiger partial charge in [-0.25, -0.2) is 4.98 Å². The lowest BCUT2D eigenvalue weighted by atomic mass is 10.2. The summed E-state index contributed by atoms with van der Waals surface area (Å²) in [7, 11) is 2.09. The summed E-state index contributed by atoms with van der Waals surface area (Å²) in [6.45, 7) is 0.883. The standard InChI is InChI=1S/C22H19ClN6/c1-29(11-9-15-4-2-3-10-24-15)16-6-8-18-20(13-16)26-22(25-18)21-17-7-5-14(23)12-19(17)27-28-21/h2-8,10,12-13H,9,11H2,1H3,(H,25,26)(H,27,28). The third-order valence-electron chi connectivity index (χ3n) is 5.08. The Morgan fingerprint density at radius 1 is 1.03 bits per heavy atom. The Hall–Kier alpha value is -3.38. The summed E-state index contributed by atoms with van der Waals surface area (Å²) in [5.74, 6) is 0.738. The molecule has 0 saturated carbocycles. The second-order valence-corrected chi connectivity index (χ2v) is 7.48. The molecule has 144 valence electrons. The number of aromatic nitrogens is 5. The predicted octanol–water partition coefficient (Wildman–Crippen LogP) is 4.83. The summed E-state index contributed by atoms with van der Waals surface area (Å²) < 4.78 is 0. The number of fused-ring (bicyclic) bond motifs is 2. The predicted molar refractivity (Wildman–Crippen MR) is 117 cm³/mol. The SMILES string of the molecule is CN(CCc1ccccn1)c1ccc2nc(-c3n[nH]c4cc(Cl)ccc34)[nH]c2c1. The van der Waals surface area contributed by atoms with E-state index < -0.39 is 0 Å². The second-order valence-electron chi connectivity index (χ2n) is 7.04. The molecule has 3 aromatic heterocycles. The highest BCUT2D eigenvalue weighted by molar-refractivity contribution is 6.31. The molecule has 7 heteroatoms. The van der Waals surface area contributed by atoms with Crippen LogP contribution in [0.2, 0.25) is 5.02 Å². The van der Waals surface area contributed by atoms with Crippen molar-refractivity contribution < 1.29 is 0 Å². The molecule has 2 aromatic carbocycles. The molecule has 0 aliphatic heterocycles. The number of aromatic amines is 2. The molecular formula is C22H19ClN6. The molecule has 5 rings (SSSR count). The monoisotopic (exact) mass is 402 g/mol. The number of hydrogen-bond acceptors (Lipinski definition) is 4. The van der Waals surface area contributed by atoms with Crippen molar-refractivity contribution in [3.05, 3.63) is 71.5 Å². The maximum Gasteiger partial charge on any atom is 0.159 e. The van der Waals surface area contributed by atoms with Crippen LogP contribution in [-0.4, -0.2) is 38.7 Å². The zero-order valence-corrected chi connectivity index (χ0v) is 16.6. The molecule has 0 fully saturated rings. The van der Waals surface area contributed by atoms with Crippen molar-refractivity contribution in [1.82, 2.24) is 25.1 Å². The van der Waals surface area contributed by atoms with E-state index in [1.807, 2.05) is 42.6 Å². The Kier molecular flexibility index (Phi) is 4.41. The fourth-order valence-corrected chi connectivity index (χ4v) is 3.65. The first-order valence-corrected chi connectivity index (χ1v) is 9.80. The molecule has 6 nitrogen and oxygen atoms in total. The maximum atomic E-state index is 6.07. The quantitative estimate of drug-likeness (QED) is 0.441. The Morgan fingerprint density at radius 2 is 1.97 bits per heavy atom. The smallest absolute Gasteiger partial charge is 0.159 e.